The Morgan fingerprint density at radius 1 is 1.14 bits per heavy atom. The molecule has 21 heavy (non-hydrogen) atoms. The maximum Gasteiger partial charge on any atom is 0.311 e. The summed E-state index contributed by atoms with van der Waals surface area (Å²) in [6, 6.07) is 15.8. The monoisotopic (exact) mass is 304 g/mol. The molecule has 0 aliphatic rings. The van der Waals surface area contributed by atoms with Gasteiger partial charge in [0.25, 0.3) is 0 Å². The van der Waals surface area contributed by atoms with Gasteiger partial charge in [-0.1, -0.05) is 42.5 Å². The zero-order chi connectivity index (χ0) is 15.2. The lowest BCUT2D eigenvalue weighted by molar-refractivity contribution is -0.138. The van der Waals surface area contributed by atoms with E-state index < -0.39 is 22.7 Å². The SMILES string of the molecule is COc1ccccc1S(=O)CC(C(=O)O)c1ccccc1. The lowest BCUT2D eigenvalue weighted by Gasteiger charge is -2.14. The van der Waals surface area contributed by atoms with E-state index in [9.17, 15) is 14.1 Å². The summed E-state index contributed by atoms with van der Waals surface area (Å²) in [5.41, 5.74) is 0.647. The number of carboxylic acid groups (broad SMARTS) is 1. The standard InChI is InChI=1S/C16H16O4S/c1-20-14-9-5-6-10-15(14)21(19)11-13(16(17)18)12-7-3-2-4-8-12/h2-10,13H,11H2,1H3,(H,17,18). The van der Waals surface area contributed by atoms with Crippen molar-refractivity contribution >= 4 is 16.8 Å². The van der Waals surface area contributed by atoms with Crippen molar-refractivity contribution in [1.82, 2.24) is 0 Å². The zero-order valence-electron chi connectivity index (χ0n) is 11.6. The highest BCUT2D eigenvalue weighted by Gasteiger charge is 2.24. The van der Waals surface area contributed by atoms with Gasteiger partial charge in [0.2, 0.25) is 0 Å². The Kier molecular flexibility index (Phi) is 5.11. The molecule has 2 unspecified atom stereocenters. The third kappa shape index (κ3) is 3.70. The maximum absolute atomic E-state index is 12.5. The van der Waals surface area contributed by atoms with E-state index in [1.165, 1.54) is 7.11 Å². The van der Waals surface area contributed by atoms with Crippen LogP contribution in [0.25, 0.3) is 0 Å². The second-order valence-electron chi connectivity index (χ2n) is 4.46. The minimum absolute atomic E-state index is 0.0136. The van der Waals surface area contributed by atoms with Crippen molar-refractivity contribution in [2.45, 2.75) is 10.8 Å². The predicted octanol–water partition coefficient (Wildman–Crippen LogP) is 2.67. The molecule has 0 amide bonds. The molecule has 2 rings (SSSR count). The summed E-state index contributed by atoms with van der Waals surface area (Å²) in [6.45, 7) is 0. The summed E-state index contributed by atoms with van der Waals surface area (Å²) < 4.78 is 17.7. The second-order valence-corrected chi connectivity index (χ2v) is 5.93. The van der Waals surface area contributed by atoms with E-state index in [-0.39, 0.29) is 5.75 Å². The largest absolute Gasteiger partial charge is 0.495 e. The van der Waals surface area contributed by atoms with Crippen LogP contribution in [0.1, 0.15) is 11.5 Å². The van der Waals surface area contributed by atoms with Crippen LogP contribution in [-0.2, 0) is 15.6 Å². The van der Waals surface area contributed by atoms with E-state index in [1.807, 2.05) is 6.07 Å². The average Bonchev–Trinajstić information content (AvgIpc) is 2.52. The third-order valence-electron chi connectivity index (χ3n) is 3.13. The molecule has 0 aliphatic carbocycles. The number of benzene rings is 2. The van der Waals surface area contributed by atoms with Crippen molar-refractivity contribution in [3.8, 4) is 5.75 Å². The molecule has 0 heterocycles. The van der Waals surface area contributed by atoms with Crippen LogP contribution < -0.4 is 4.74 Å². The molecule has 2 aromatic carbocycles. The van der Waals surface area contributed by atoms with Gasteiger partial charge in [0, 0.05) is 5.75 Å². The Bertz CT molecular complexity index is 640. The van der Waals surface area contributed by atoms with Gasteiger partial charge in [-0.3, -0.25) is 9.00 Å². The summed E-state index contributed by atoms with van der Waals surface area (Å²) in [6.07, 6.45) is 0. The molecule has 0 saturated heterocycles. The molecular formula is C16H16O4S. The van der Waals surface area contributed by atoms with E-state index in [2.05, 4.69) is 0 Å². The second kappa shape index (κ2) is 7.04. The molecule has 0 radical (unpaired) electrons. The van der Waals surface area contributed by atoms with Gasteiger partial charge in [-0.2, -0.15) is 0 Å². The molecule has 5 heteroatoms. The van der Waals surface area contributed by atoms with Crippen LogP contribution >= 0.6 is 0 Å². The molecule has 1 N–H and O–H groups in total. The molecule has 2 aromatic rings. The summed E-state index contributed by atoms with van der Waals surface area (Å²) >= 11 is 0. The van der Waals surface area contributed by atoms with Gasteiger partial charge in [-0.25, -0.2) is 0 Å². The molecule has 4 nitrogen and oxygen atoms in total. The van der Waals surface area contributed by atoms with Gasteiger partial charge in [-0.15, -0.1) is 0 Å². The molecule has 0 bridgehead atoms. The van der Waals surface area contributed by atoms with E-state index >= 15 is 0 Å². The Balaban J connectivity index is 2.25. The predicted molar refractivity (Wildman–Crippen MR) is 81.1 cm³/mol. The fourth-order valence-electron chi connectivity index (χ4n) is 2.04. The zero-order valence-corrected chi connectivity index (χ0v) is 12.4. The van der Waals surface area contributed by atoms with E-state index in [0.717, 1.165) is 0 Å². The Morgan fingerprint density at radius 2 is 1.76 bits per heavy atom. The van der Waals surface area contributed by atoms with Crippen molar-refractivity contribution < 1.29 is 18.8 Å². The van der Waals surface area contributed by atoms with Gasteiger partial charge in [0.1, 0.15) is 5.75 Å². The van der Waals surface area contributed by atoms with E-state index in [1.54, 1.807) is 48.5 Å². The first kappa shape index (κ1) is 15.3. The number of methoxy groups -OCH3 is 1. The molecule has 0 aliphatic heterocycles. The van der Waals surface area contributed by atoms with Crippen molar-refractivity contribution in [2.24, 2.45) is 0 Å². The first-order chi connectivity index (χ1) is 10.1. The molecule has 0 fully saturated rings. The van der Waals surface area contributed by atoms with Gasteiger partial charge >= 0.3 is 5.97 Å². The highest BCUT2D eigenvalue weighted by atomic mass is 32.2. The lowest BCUT2D eigenvalue weighted by atomic mass is 10.0. The fraction of sp³-hybridized carbons (Fsp3) is 0.188. The molecule has 0 spiro atoms. The van der Waals surface area contributed by atoms with Crippen LogP contribution in [0, 0.1) is 0 Å². The molecule has 0 saturated carbocycles. The Labute approximate surface area is 125 Å². The van der Waals surface area contributed by atoms with Gasteiger partial charge in [0.05, 0.1) is 28.7 Å². The fourth-order valence-corrected chi connectivity index (χ4v) is 3.47. The quantitative estimate of drug-likeness (QED) is 0.891. The van der Waals surface area contributed by atoms with Crippen LogP contribution in [0.3, 0.4) is 0 Å². The van der Waals surface area contributed by atoms with E-state index in [4.69, 9.17) is 4.74 Å². The van der Waals surface area contributed by atoms with Gasteiger partial charge in [0.15, 0.2) is 0 Å². The average molecular weight is 304 g/mol. The number of hydrogen-bond donors (Lipinski definition) is 1. The summed E-state index contributed by atoms with van der Waals surface area (Å²) in [5, 5.41) is 9.38. The highest BCUT2D eigenvalue weighted by molar-refractivity contribution is 7.85. The molecular weight excluding hydrogens is 288 g/mol. The third-order valence-corrected chi connectivity index (χ3v) is 4.60. The molecule has 110 valence electrons. The summed E-state index contributed by atoms with van der Waals surface area (Å²) in [5.74, 6) is -1.27. The van der Waals surface area contributed by atoms with Gasteiger partial charge < -0.3 is 9.84 Å². The number of ether oxygens (including phenoxy) is 1. The van der Waals surface area contributed by atoms with Crippen molar-refractivity contribution in [2.75, 3.05) is 12.9 Å². The lowest BCUT2D eigenvalue weighted by Crippen LogP contribution is -2.19. The van der Waals surface area contributed by atoms with Crippen molar-refractivity contribution in [3.63, 3.8) is 0 Å². The number of hydrogen-bond acceptors (Lipinski definition) is 3. The highest BCUT2D eigenvalue weighted by Crippen LogP contribution is 2.25. The van der Waals surface area contributed by atoms with Crippen LogP contribution in [0.15, 0.2) is 59.5 Å². The van der Waals surface area contributed by atoms with E-state index in [0.29, 0.717) is 16.2 Å². The number of carboxylic acids is 1. The number of carbonyl (C=O) groups is 1. The van der Waals surface area contributed by atoms with Crippen molar-refractivity contribution in [3.05, 3.63) is 60.2 Å². The summed E-state index contributed by atoms with van der Waals surface area (Å²) in [7, 11) is 0.0501. The smallest absolute Gasteiger partial charge is 0.311 e. The van der Waals surface area contributed by atoms with Crippen LogP contribution in [-0.4, -0.2) is 28.1 Å². The topological polar surface area (TPSA) is 63.6 Å². The number of aliphatic carboxylic acids is 1. The maximum atomic E-state index is 12.5. The van der Waals surface area contributed by atoms with Crippen molar-refractivity contribution in [1.29, 1.82) is 0 Å². The Hall–Kier alpha value is -2.14. The first-order valence-electron chi connectivity index (χ1n) is 6.42. The molecule has 0 aromatic heterocycles. The van der Waals surface area contributed by atoms with Gasteiger partial charge in [-0.05, 0) is 17.7 Å². The summed E-state index contributed by atoms with van der Waals surface area (Å²) in [4.78, 5) is 12.0. The number of para-hydroxylation sites is 1. The van der Waals surface area contributed by atoms with Crippen LogP contribution in [0.2, 0.25) is 0 Å². The van der Waals surface area contributed by atoms with Crippen LogP contribution in [0.4, 0.5) is 0 Å². The minimum Gasteiger partial charge on any atom is -0.495 e. The Morgan fingerprint density at radius 3 is 2.38 bits per heavy atom. The number of rotatable bonds is 6. The first-order valence-corrected chi connectivity index (χ1v) is 7.74. The minimum atomic E-state index is -1.45. The molecule has 2 atom stereocenters. The van der Waals surface area contributed by atoms with Crippen LogP contribution in [0.5, 0.6) is 5.75 Å². The normalized spacial score (nSPS) is 13.4.